The van der Waals surface area contributed by atoms with Gasteiger partial charge in [-0.1, -0.05) is 30.3 Å². The smallest absolute Gasteiger partial charge is 0.297 e. The van der Waals surface area contributed by atoms with E-state index in [1.165, 1.54) is 31.2 Å². The molecular formula is C18H16N2O7S2. The van der Waals surface area contributed by atoms with Crippen LogP contribution in [0.15, 0.2) is 62.5 Å². The van der Waals surface area contributed by atoms with E-state index in [2.05, 4.69) is 10.2 Å². The van der Waals surface area contributed by atoms with Gasteiger partial charge >= 0.3 is 0 Å². The molecule has 0 bridgehead atoms. The number of aromatic hydroxyl groups is 1. The van der Waals surface area contributed by atoms with Crippen molar-refractivity contribution in [1.29, 1.82) is 0 Å². The summed E-state index contributed by atoms with van der Waals surface area (Å²) in [5.41, 5.74) is 0.525. The monoisotopic (exact) mass is 436 g/mol. The summed E-state index contributed by atoms with van der Waals surface area (Å²) in [5.74, 6) is -0.277. The van der Waals surface area contributed by atoms with E-state index >= 15 is 0 Å². The minimum absolute atomic E-state index is 0.0446. The Bertz CT molecular complexity index is 1380. The van der Waals surface area contributed by atoms with Crippen molar-refractivity contribution in [3.8, 4) is 5.75 Å². The number of phenolic OH excluding ortho intramolecular Hbond substituents is 1. The zero-order chi connectivity index (χ0) is 21.6. The molecule has 0 aliphatic heterocycles. The lowest BCUT2D eigenvalue weighted by Gasteiger charge is -2.09. The first-order valence-electron chi connectivity index (χ1n) is 8.12. The van der Waals surface area contributed by atoms with E-state index in [1.54, 1.807) is 13.0 Å². The van der Waals surface area contributed by atoms with Gasteiger partial charge in [-0.3, -0.25) is 9.11 Å². The molecule has 0 spiro atoms. The Kier molecular flexibility index (Phi) is 5.17. The number of rotatable bonds is 4. The Hall–Kier alpha value is -2.86. The molecule has 0 heterocycles. The number of aryl methyl sites for hydroxylation is 2. The van der Waals surface area contributed by atoms with Crippen molar-refractivity contribution >= 4 is 42.4 Å². The lowest BCUT2D eigenvalue weighted by molar-refractivity contribution is 0.478. The zero-order valence-electron chi connectivity index (χ0n) is 15.2. The maximum atomic E-state index is 11.9. The van der Waals surface area contributed by atoms with Gasteiger partial charge in [0.25, 0.3) is 20.2 Å². The van der Waals surface area contributed by atoms with Crippen LogP contribution in [0.5, 0.6) is 5.75 Å². The first kappa shape index (κ1) is 20.9. The molecule has 0 radical (unpaired) electrons. The van der Waals surface area contributed by atoms with Gasteiger partial charge in [-0.25, -0.2) is 0 Å². The van der Waals surface area contributed by atoms with Gasteiger partial charge in [0.2, 0.25) is 0 Å². The van der Waals surface area contributed by atoms with Crippen molar-refractivity contribution in [2.24, 2.45) is 10.2 Å². The molecular weight excluding hydrogens is 420 g/mol. The standard InChI is InChI=1S/C18H16N2O7S2/c1-10-7-11(2)17(28(22,23)24)9-14(10)19-20-15-8-16(21)12-5-3-4-6-13(12)18(15)29(25,26)27/h3-9,21H,1-2H3,(H,22,23,24)(H,25,26,27). The fraction of sp³-hybridized carbons (Fsp3) is 0.111. The number of benzene rings is 3. The topological polar surface area (TPSA) is 154 Å². The highest BCUT2D eigenvalue weighted by molar-refractivity contribution is 7.86. The lowest BCUT2D eigenvalue weighted by Crippen LogP contribution is -2.01. The highest BCUT2D eigenvalue weighted by Crippen LogP contribution is 2.39. The predicted molar refractivity (Wildman–Crippen MR) is 105 cm³/mol. The molecule has 0 aromatic heterocycles. The predicted octanol–water partition coefficient (Wildman–Crippen LogP) is 4.07. The Labute approximate surface area is 166 Å². The third-order valence-corrected chi connectivity index (χ3v) is 6.19. The molecule has 3 rings (SSSR count). The maximum absolute atomic E-state index is 11.9. The Morgan fingerprint density at radius 1 is 0.759 bits per heavy atom. The van der Waals surface area contributed by atoms with E-state index in [0.717, 1.165) is 12.1 Å². The van der Waals surface area contributed by atoms with Gasteiger partial charge in [0.15, 0.2) is 0 Å². The van der Waals surface area contributed by atoms with E-state index in [-0.39, 0.29) is 32.8 Å². The average Bonchev–Trinajstić information content (AvgIpc) is 2.58. The summed E-state index contributed by atoms with van der Waals surface area (Å²) in [6.07, 6.45) is 0. The number of nitrogens with zero attached hydrogens (tertiary/aromatic N) is 2. The van der Waals surface area contributed by atoms with E-state index < -0.39 is 25.1 Å². The normalized spacial score (nSPS) is 12.7. The van der Waals surface area contributed by atoms with E-state index in [1.807, 2.05) is 0 Å². The first-order valence-corrected chi connectivity index (χ1v) is 11.0. The molecule has 0 unspecified atom stereocenters. The fourth-order valence-corrected chi connectivity index (χ4v) is 4.52. The summed E-state index contributed by atoms with van der Waals surface area (Å²) in [5, 5.41) is 18.1. The average molecular weight is 436 g/mol. The van der Waals surface area contributed by atoms with Crippen LogP contribution in [0.3, 0.4) is 0 Å². The maximum Gasteiger partial charge on any atom is 0.297 e. The van der Waals surface area contributed by atoms with E-state index in [9.17, 15) is 31.0 Å². The van der Waals surface area contributed by atoms with Crippen LogP contribution in [0.1, 0.15) is 11.1 Å². The van der Waals surface area contributed by atoms with Gasteiger partial charge in [-0.15, -0.1) is 5.11 Å². The first-order chi connectivity index (χ1) is 13.4. The lowest BCUT2D eigenvalue weighted by atomic mass is 10.1. The molecule has 3 N–H and O–H groups in total. The number of phenols is 1. The molecule has 0 atom stereocenters. The molecule has 152 valence electrons. The quantitative estimate of drug-likeness (QED) is 0.411. The second-order valence-electron chi connectivity index (χ2n) is 6.34. The molecule has 9 nitrogen and oxygen atoms in total. The number of fused-ring (bicyclic) bond motifs is 1. The van der Waals surface area contributed by atoms with E-state index in [0.29, 0.717) is 11.1 Å². The van der Waals surface area contributed by atoms with Crippen molar-refractivity contribution in [3.63, 3.8) is 0 Å². The molecule has 3 aromatic carbocycles. The van der Waals surface area contributed by atoms with Gasteiger partial charge in [-0.2, -0.15) is 21.9 Å². The summed E-state index contributed by atoms with van der Waals surface area (Å²) < 4.78 is 65.9. The molecule has 11 heteroatoms. The summed E-state index contributed by atoms with van der Waals surface area (Å²) in [7, 11) is -9.23. The van der Waals surface area contributed by atoms with Crippen molar-refractivity contribution < 1.29 is 31.0 Å². The second-order valence-corrected chi connectivity index (χ2v) is 9.09. The highest BCUT2D eigenvalue weighted by atomic mass is 32.2. The van der Waals surface area contributed by atoms with Crippen LogP contribution in [-0.4, -0.2) is 31.0 Å². The Morgan fingerprint density at radius 3 is 1.93 bits per heavy atom. The van der Waals surface area contributed by atoms with Crippen LogP contribution >= 0.6 is 0 Å². The summed E-state index contributed by atoms with van der Waals surface area (Å²) in [4.78, 5) is -0.914. The summed E-state index contributed by atoms with van der Waals surface area (Å²) >= 11 is 0. The minimum Gasteiger partial charge on any atom is -0.507 e. The third-order valence-electron chi connectivity index (χ3n) is 4.25. The van der Waals surface area contributed by atoms with E-state index in [4.69, 9.17) is 0 Å². The van der Waals surface area contributed by atoms with Gasteiger partial charge in [0.1, 0.15) is 16.3 Å². The molecule has 29 heavy (non-hydrogen) atoms. The SMILES string of the molecule is Cc1cc(C)c(S(=O)(=O)O)cc1N=Nc1cc(O)c2ccccc2c1S(=O)(=O)O. The van der Waals surface area contributed by atoms with Crippen LogP contribution in [-0.2, 0) is 20.2 Å². The van der Waals surface area contributed by atoms with Gasteiger partial charge in [-0.05, 0) is 31.0 Å². The third kappa shape index (κ3) is 4.12. The molecule has 0 saturated carbocycles. The number of hydrogen-bond acceptors (Lipinski definition) is 7. The largest absolute Gasteiger partial charge is 0.507 e. The second kappa shape index (κ2) is 7.19. The van der Waals surface area contributed by atoms with Gasteiger partial charge in [0.05, 0.1) is 10.6 Å². The highest BCUT2D eigenvalue weighted by Gasteiger charge is 2.22. The minimum atomic E-state index is -4.73. The molecule has 0 aliphatic rings. The van der Waals surface area contributed by atoms with Crippen molar-refractivity contribution in [2.45, 2.75) is 23.6 Å². The Balaban J connectivity index is 2.25. The Morgan fingerprint density at radius 2 is 1.34 bits per heavy atom. The van der Waals surface area contributed by atoms with Gasteiger partial charge < -0.3 is 5.11 Å². The van der Waals surface area contributed by atoms with Crippen LogP contribution in [0.25, 0.3) is 10.8 Å². The zero-order valence-corrected chi connectivity index (χ0v) is 16.9. The van der Waals surface area contributed by atoms with Crippen molar-refractivity contribution in [3.05, 3.63) is 53.6 Å². The van der Waals surface area contributed by atoms with Gasteiger partial charge in [0, 0.05) is 16.8 Å². The summed E-state index contributed by atoms with van der Waals surface area (Å²) in [6, 6.07) is 9.58. The molecule has 0 aliphatic carbocycles. The molecule has 3 aromatic rings. The van der Waals surface area contributed by atoms with Crippen molar-refractivity contribution in [2.75, 3.05) is 0 Å². The van der Waals surface area contributed by atoms with Crippen LogP contribution in [0, 0.1) is 13.8 Å². The molecule has 0 amide bonds. The summed E-state index contributed by atoms with van der Waals surface area (Å²) in [6.45, 7) is 3.12. The van der Waals surface area contributed by atoms with Crippen LogP contribution in [0.2, 0.25) is 0 Å². The molecule has 0 saturated heterocycles. The van der Waals surface area contributed by atoms with Crippen molar-refractivity contribution in [1.82, 2.24) is 0 Å². The van der Waals surface area contributed by atoms with Crippen LogP contribution in [0.4, 0.5) is 11.4 Å². The number of azo groups is 1. The molecule has 0 fully saturated rings. The van der Waals surface area contributed by atoms with Crippen LogP contribution < -0.4 is 0 Å². The fourth-order valence-electron chi connectivity index (χ4n) is 2.98. The number of hydrogen-bond donors (Lipinski definition) is 3.